The van der Waals surface area contributed by atoms with E-state index in [1.165, 1.54) is 42.5 Å². The van der Waals surface area contributed by atoms with Gasteiger partial charge in [-0.3, -0.25) is 0 Å². The molecule has 0 heterocycles. The van der Waals surface area contributed by atoms with Gasteiger partial charge in [-0.05, 0) is 125 Å². The molecule has 103 heavy (non-hydrogen) atoms. The zero-order chi connectivity index (χ0) is 79.4. The van der Waals surface area contributed by atoms with Crippen LogP contribution < -0.4 is 0 Å². The van der Waals surface area contributed by atoms with Crippen molar-refractivity contribution < 1.29 is 202 Å². The zero-order valence-corrected chi connectivity index (χ0v) is 50.9. The van der Waals surface area contributed by atoms with Crippen LogP contribution in [0, 0.1) is 0 Å². The van der Waals surface area contributed by atoms with E-state index in [2.05, 4.69) is 0 Å². The molecule has 548 valence electrons. The van der Waals surface area contributed by atoms with Crippen LogP contribution in [0.4, 0.5) is 0 Å². The number of rotatable bonds is 14. The molecule has 0 unspecified atom stereocenters. The lowest BCUT2D eigenvalue weighted by Crippen LogP contribution is -1.98. The number of hydrogen-bond acceptors (Lipinski definition) is 33. The number of aliphatic hydroxyl groups excluding tert-OH is 3. The van der Waals surface area contributed by atoms with E-state index in [1.54, 1.807) is 0 Å². The predicted molar refractivity (Wildman–Crippen MR) is 345 cm³/mol. The number of benzene rings is 7. The molecule has 0 aliphatic rings. The molecule has 40 heteroatoms. The first-order valence-electron chi connectivity index (χ1n) is 26.4. The number of aliphatic carboxylic acids is 7. The van der Waals surface area contributed by atoms with E-state index in [0.29, 0.717) is 23.8 Å². The molecule has 0 amide bonds. The summed E-state index contributed by atoms with van der Waals surface area (Å²) in [5.41, 5.74) is 0.119. The summed E-state index contributed by atoms with van der Waals surface area (Å²) in [6, 6.07) is 13.7. The minimum Gasteiger partial charge on any atom is -0.504 e. The summed E-state index contributed by atoms with van der Waals surface area (Å²) in [7, 11) is 0. The second-order valence-electron chi connectivity index (χ2n) is 18.7. The average molecular weight is 1450 g/mol. The van der Waals surface area contributed by atoms with E-state index in [0.717, 1.165) is 78.9 Å². The van der Waals surface area contributed by atoms with Gasteiger partial charge in [-0.2, -0.15) is 0 Å². The predicted octanol–water partition coefficient (Wildman–Crippen LogP) is 5.38. The SMILES string of the molecule is O=C(O)/C(O)=C/c1cc(O)c(O)c(O)c1.O=C(O)/C(O)=C/c1cc(O)c(O)c(O)c1O.O=C(O)/C(O)=C/c1ccc(O)c(O)c1.O=C(O)/C=C/c1c(O)c(O)c(O)c(O)c1O.O=C(O)/C=C/c1cc(O)c(O)c(O)c1.O=C(O)/C=C/c1cc(O)c(O)c(O)c1O.O=C(O)/C=C/c1ccc(O)c(O)c1. The van der Waals surface area contributed by atoms with E-state index < -0.39 is 174 Å². The maximum absolute atomic E-state index is 10.3. The van der Waals surface area contributed by atoms with Gasteiger partial charge in [0.15, 0.2) is 92.0 Å². The van der Waals surface area contributed by atoms with Crippen LogP contribution in [0.15, 0.2) is 114 Å². The monoisotopic (exact) mass is 1450 g/mol. The van der Waals surface area contributed by atoms with Gasteiger partial charge in [0.05, 0.1) is 5.56 Å². The smallest absolute Gasteiger partial charge is 0.370 e. The van der Waals surface area contributed by atoms with E-state index in [9.17, 15) is 54.0 Å². The van der Waals surface area contributed by atoms with Crippen LogP contribution in [0.3, 0.4) is 0 Å². The number of aromatic hydroxyl groups is 23. The quantitative estimate of drug-likeness (QED) is 0.0281. The zero-order valence-electron chi connectivity index (χ0n) is 50.9. The fourth-order valence-electron chi connectivity index (χ4n) is 6.41. The molecule has 0 aliphatic carbocycles. The summed E-state index contributed by atoms with van der Waals surface area (Å²) >= 11 is 0. The van der Waals surface area contributed by atoms with Crippen LogP contribution in [0.1, 0.15) is 38.9 Å². The first kappa shape index (κ1) is 84.8. The third kappa shape index (κ3) is 26.9. The molecule has 0 saturated heterocycles. The molecule has 0 bridgehead atoms. The molecular formula is C63H56O40. The molecule has 0 radical (unpaired) electrons. The maximum atomic E-state index is 10.3. The lowest BCUT2D eigenvalue weighted by Gasteiger charge is -2.09. The fraction of sp³-hybridized carbons (Fsp3) is 0. The summed E-state index contributed by atoms with van der Waals surface area (Å²) in [5, 5.41) is 294. The summed E-state index contributed by atoms with van der Waals surface area (Å²) in [4.78, 5) is 71.4. The van der Waals surface area contributed by atoms with Crippen molar-refractivity contribution in [1.82, 2.24) is 0 Å². The molecule has 0 atom stereocenters. The average Bonchev–Trinajstić information content (AvgIpc) is 0.800. The number of aliphatic hydroxyl groups is 3. The van der Waals surface area contributed by atoms with Gasteiger partial charge in [0, 0.05) is 35.4 Å². The highest BCUT2D eigenvalue weighted by Gasteiger charge is 2.22. The third-order valence-electron chi connectivity index (χ3n) is 11.3. The molecule has 0 spiro atoms. The topological polar surface area (TPSA) is 787 Å². The molecule has 33 N–H and O–H groups in total. The number of carboxylic acid groups (broad SMARTS) is 7. The lowest BCUT2D eigenvalue weighted by atomic mass is 10.1. The van der Waals surface area contributed by atoms with E-state index in [4.69, 9.17) is 148 Å². The standard InChI is InChI=1S/2C9H8O7.2C9H8O6.2C9H8O5.C9H8O4/c10-4-1-3(2-5(11)9(15)16)6(12)8(14)7(4)13;10-4(11)2-1-3-5(12)7(14)9(16)8(15)6(3)13;10-5-1-4(2-6(11)8(5)13)3-7(12)9(14)15;10-5-3-4(1-2-6(11)12)7(13)9(15)8(5)14;10-6-3-5(1-2-8(12)13)4-7(11)9(6)14;10-6-2-1-5(3-7(6)11)4-8(12)9(13)14;10-7-3-1-6(5-8(7)11)2-4-9(12)13/h1-2,10-14H,(H,15,16);1-2,12-16H,(H,10,11);1-3,10-13H,(H,14,15);1-3,10,13-15H,(H,11,12);1-4,10-11,14H,(H,12,13);1-4,10-12H,(H,13,14);1-5,10-11H,(H,12,13)/b5-2-;2-1+;7-3-;2*2-1+;8-4-;4-2+. The van der Waals surface area contributed by atoms with Gasteiger partial charge in [0.1, 0.15) is 0 Å². The van der Waals surface area contributed by atoms with Crippen molar-refractivity contribution in [3.63, 3.8) is 0 Å². The van der Waals surface area contributed by atoms with Gasteiger partial charge >= 0.3 is 41.8 Å². The Hall–Kier alpha value is -16.2. The van der Waals surface area contributed by atoms with Crippen molar-refractivity contribution in [2.75, 3.05) is 0 Å². The molecule has 40 nitrogen and oxygen atoms in total. The second-order valence-corrected chi connectivity index (χ2v) is 18.7. The molecule has 7 aromatic rings. The van der Waals surface area contributed by atoms with Crippen molar-refractivity contribution in [3.05, 3.63) is 153 Å². The minimum atomic E-state index is -1.65. The summed E-state index contributed by atoms with van der Waals surface area (Å²) < 4.78 is 0. The minimum absolute atomic E-state index is 0.0442. The summed E-state index contributed by atoms with van der Waals surface area (Å²) in [6.07, 6.45) is 9.71. The maximum Gasteiger partial charge on any atom is 0.370 e. The van der Waals surface area contributed by atoms with Gasteiger partial charge in [0.25, 0.3) is 0 Å². The van der Waals surface area contributed by atoms with Crippen molar-refractivity contribution in [3.8, 4) is 132 Å². The van der Waals surface area contributed by atoms with Gasteiger partial charge < -0.3 is 169 Å². The highest BCUT2D eigenvalue weighted by Crippen LogP contribution is 2.51. The summed E-state index contributed by atoms with van der Waals surface area (Å²) in [5.74, 6) is -28.9. The van der Waals surface area contributed by atoms with Crippen LogP contribution in [0.2, 0.25) is 0 Å². The van der Waals surface area contributed by atoms with Crippen LogP contribution in [-0.2, 0) is 33.6 Å². The highest BCUT2D eigenvalue weighted by molar-refractivity contribution is 5.92. The van der Waals surface area contributed by atoms with Gasteiger partial charge in [-0.15, -0.1) is 0 Å². The first-order valence-corrected chi connectivity index (χ1v) is 26.4. The largest absolute Gasteiger partial charge is 0.504 e. The van der Waals surface area contributed by atoms with E-state index in [1.807, 2.05) is 0 Å². The number of phenolic OH excluding ortho intramolecular Hbond substituents is 23. The Morgan fingerprint density at radius 1 is 0.214 bits per heavy atom. The van der Waals surface area contributed by atoms with E-state index >= 15 is 0 Å². The van der Waals surface area contributed by atoms with Crippen molar-refractivity contribution in [2.45, 2.75) is 0 Å². The normalized spacial score (nSPS) is 10.9. The number of phenols is 23. The van der Waals surface area contributed by atoms with Crippen molar-refractivity contribution in [2.24, 2.45) is 0 Å². The number of carbonyl (C=O) groups is 7. The van der Waals surface area contributed by atoms with Crippen molar-refractivity contribution >= 4 is 84.3 Å². The third-order valence-corrected chi connectivity index (χ3v) is 11.3. The molecular weight excluding hydrogens is 1400 g/mol. The molecule has 0 saturated carbocycles. The van der Waals surface area contributed by atoms with E-state index in [-0.39, 0.29) is 50.8 Å². The first-order chi connectivity index (χ1) is 47.6. The Bertz CT molecular complexity index is 4490. The van der Waals surface area contributed by atoms with Crippen LogP contribution in [0.25, 0.3) is 42.5 Å². The molecule has 7 rings (SSSR count). The fourth-order valence-corrected chi connectivity index (χ4v) is 6.41. The Morgan fingerprint density at radius 3 is 0.864 bits per heavy atom. The Kier molecular flexibility index (Phi) is 31.6. The van der Waals surface area contributed by atoms with Gasteiger partial charge in [-0.25, -0.2) is 33.6 Å². The number of hydrogen-bond donors (Lipinski definition) is 33. The second kappa shape index (κ2) is 38.4. The summed E-state index contributed by atoms with van der Waals surface area (Å²) in [6.45, 7) is 0. The van der Waals surface area contributed by atoms with Crippen LogP contribution in [0.5, 0.6) is 132 Å². The Balaban J connectivity index is 0.000000601. The Labute approximate surface area is 570 Å². The van der Waals surface area contributed by atoms with Crippen LogP contribution in [-0.4, -0.2) is 210 Å². The van der Waals surface area contributed by atoms with Gasteiger partial charge in [0.2, 0.25) is 57.5 Å². The molecule has 0 fully saturated rings. The Morgan fingerprint density at radius 2 is 0.485 bits per heavy atom. The molecule has 7 aromatic carbocycles. The van der Waals surface area contributed by atoms with Crippen molar-refractivity contribution in [1.29, 1.82) is 0 Å². The lowest BCUT2D eigenvalue weighted by molar-refractivity contribution is -0.136. The number of carboxylic acids is 7. The molecule has 0 aliphatic heterocycles. The highest BCUT2D eigenvalue weighted by atomic mass is 16.4. The molecule has 0 aromatic heterocycles. The van der Waals surface area contributed by atoms with Crippen LogP contribution >= 0.6 is 0 Å². The van der Waals surface area contributed by atoms with Gasteiger partial charge in [-0.1, -0.05) is 12.1 Å².